The van der Waals surface area contributed by atoms with E-state index in [9.17, 15) is 14.9 Å². The van der Waals surface area contributed by atoms with Crippen molar-refractivity contribution in [3.63, 3.8) is 0 Å². The number of hydrogen-bond acceptors (Lipinski definition) is 6. The van der Waals surface area contributed by atoms with Gasteiger partial charge in [0.1, 0.15) is 18.1 Å². The average molecular weight is 486 g/mol. The van der Waals surface area contributed by atoms with Gasteiger partial charge < -0.3 is 19.0 Å². The number of halogens is 1. The number of nitro benzene ring substituents is 1. The number of hydrogen-bond donors (Lipinski definition) is 0. The van der Waals surface area contributed by atoms with Crippen LogP contribution in [0.5, 0.6) is 5.75 Å². The highest BCUT2D eigenvalue weighted by molar-refractivity contribution is 9.10. The Kier molecular flexibility index (Phi) is 6.22. The van der Waals surface area contributed by atoms with Crippen molar-refractivity contribution in [1.29, 1.82) is 0 Å². The largest absolute Gasteiger partial charge is 0.486 e. The second-order valence-corrected chi connectivity index (χ2v) is 7.98. The standard InChI is InChI=1S/C22H20BrN3O5/c23-16-1-7-19(8-2-16)30-15-20-9-10-21(31-20)22(27)25-13-11-24(12-14-25)17-3-5-18(6-4-17)26(28)29/h1-10H,11-15H2. The maximum atomic E-state index is 12.8. The Morgan fingerprint density at radius 3 is 2.32 bits per heavy atom. The Morgan fingerprint density at radius 1 is 1.00 bits per heavy atom. The predicted octanol–water partition coefficient (Wildman–Crippen LogP) is 4.49. The zero-order chi connectivity index (χ0) is 21.8. The van der Waals surface area contributed by atoms with E-state index in [1.54, 1.807) is 29.2 Å². The molecule has 0 unspecified atom stereocenters. The van der Waals surface area contributed by atoms with Crippen LogP contribution in [0.2, 0.25) is 0 Å². The minimum Gasteiger partial charge on any atom is -0.486 e. The van der Waals surface area contributed by atoms with Gasteiger partial charge in [0.05, 0.1) is 4.92 Å². The molecule has 1 aliphatic heterocycles. The molecule has 31 heavy (non-hydrogen) atoms. The molecule has 9 heteroatoms. The normalized spacial score (nSPS) is 13.8. The molecule has 0 N–H and O–H groups in total. The van der Waals surface area contributed by atoms with E-state index in [-0.39, 0.29) is 24.0 Å². The molecule has 1 aliphatic rings. The number of ether oxygens (including phenoxy) is 1. The third-order valence-electron chi connectivity index (χ3n) is 5.06. The topological polar surface area (TPSA) is 89.1 Å². The first kappa shape index (κ1) is 20.9. The summed E-state index contributed by atoms with van der Waals surface area (Å²) in [6, 6.07) is 17.4. The molecule has 0 radical (unpaired) electrons. The third kappa shape index (κ3) is 5.05. The molecule has 3 aromatic rings. The number of nitrogens with zero attached hydrogens (tertiary/aromatic N) is 3. The van der Waals surface area contributed by atoms with Crippen LogP contribution in [0, 0.1) is 10.1 Å². The number of benzene rings is 2. The lowest BCUT2D eigenvalue weighted by atomic mass is 10.2. The van der Waals surface area contributed by atoms with Gasteiger partial charge in [-0.1, -0.05) is 15.9 Å². The Labute approximate surface area is 187 Å². The summed E-state index contributed by atoms with van der Waals surface area (Å²) in [7, 11) is 0. The first-order valence-electron chi connectivity index (χ1n) is 9.75. The van der Waals surface area contributed by atoms with Gasteiger partial charge in [0, 0.05) is 48.5 Å². The van der Waals surface area contributed by atoms with Gasteiger partial charge in [-0.25, -0.2) is 0 Å². The molecule has 1 saturated heterocycles. The quantitative estimate of drug-likeness (QED) is 0.377. The van der Waals surface area contributed by atoms with E-state index in [1.807, 2.05) is 24.3 Å². The van der Waals surface area contributed by atoms with Crippen LogP contribution < -0.4 is 9.64 Å². The van der Waals surface area contributed by atoms with Crippen molar-refractivity contribution in [2.45, 2.75) is 6.61 Å². The van der Waals surface area contributed by atoms with E-state index in [0.717, 1.165) is 15.9 Å². The summed E-state index contributed by atoms with van der Waals surface area (Å²) in [5.41, 5.74) is 0.971. The summed E-state index contributed by atoms with van der Waals surface area (Å²) in [4.78, 5) is 27.0. The van der Waals surface area contributed by atoms with Crippen molar-refractivity contribution in [3.8, 4) is 5.75 Å². The molecule has 1 aromatic heterocycles. The summed E-state index contributed by atoms with van der Waals surface area (Å²) in [5.74, 6) is 1.43. The van der Waals surface area contributed by atoms with E-state index < -0.39 is 4.92 Å². The predicted molar refractivity (Wildman–Crippen MR) is 118 cm³/mol. The van der Waals surface area contributed by atoms with Gasteiger partial charge in [0.2, 0.25) is 0 Å². The molecular weight excluding hydrogens is 466 g/mol. The van der Waals surface area contributed by atoms with Crippen molar-refractivity contribution < 1.29 is 18.9 Å². The maximum Gasteiger partial charge on any atom is 0.289 e. The van der Waals surface area contributed by atoms with Crippen molar-refractivity contribution in [3.05, 3.63) is 86.8 Å². The van der Waals surface area contributed by atoms with Gasteiger partial charge in [-0.15, -0.1) is 0 Å². The minimum atomic E-state index is -0.415. The van der Waals surface area contributed by atoms with Gasteiger partial charge in [0.15, 0.2) is 5.76 Å². The van der Waals surface area contributed by atoms with Crippen molar-refractivity contribution in [1.82, 2.24) is 4.90 Å². The maximum absolute atomic E-state index is 12.8. The fraction of sp³-hybridized carbons (Fsp3) is 0.227. The van der Waals surface area contributed by atoms with Crippen LogP contribution in [0.3, 0.4) is 0 Å². The monoisotopic (exact) mass is 485 g/mol. The molecule has 4 rings (SSSR count). The molecule has 0 spiro atoms. The lowest BCUT2D eigenvalue weighted by Gasteiger charge is -2.35. The Balaban J connectivity index is 1.30. The van der Waals surface area contributed by atoms with Crippen LogP contribution in [0.4, 0.5) is 11.4 Å². The zero-order valence-electron chi connectivity index (χ0n) is 16.6. The number of carbonyl (C=O) groups is 1. The first-order chi connectivity index (χ1) is 15.0. The Bertz CT molecular complexity index is 1060. The van der Waals surface area contributed by atoms with Crippen LogP contribution in [0.1, 0.15) is 16.3 Å². The second-order valence-electron chi connectivity index (χ2n) is 7.06. The number of anilines is 1. The fourth-order valence-electron chi connectivity index (χ4n) is 3.36. The SMILES string of the molecule is O=C(c1ccc(COc2ccc(Br)cc2)o1)N1CCN(c2ccc([N+](=O)[O-])cc2)CC1. The van der Waals surface area contributed by atoms with E-state index in [0.29, 0.717) is 31.9 Å². The number of piperazine rings is 1. The molecular formula is C22H20BrN3O5. The van der Waals surface area contributed by atoms with E-state index in [2.05, 4.69) is 20.8 Å². The fourth-order valence-corrected chi connectivity index (χ4v) is 3.63. The summed E-state index contributed by atoms with van der Waals surface area (Å²) in [6.07, 6.45) is 0. The van der Waals surface area contributed by atoms with Gasteiger partial charge in [-0.05, 0) is 48.5 Å². The molecule has 8 nitrogen and oxygen atoms in total. The molecule has 1 fully saturated rings. The second kappa shape index (κ2) is 9.22. The van der Waals surface area contributed by atoms with Gasteiger partial charge in [0.25, 0.3) is 11.6 Å². The van der Waals surface area contributed by atoms with Crippen LogP contribution in [-0.4, -0.2) is 41.9 Å². The number of carbonyl (C=O) groups excluding carboxylic acids is 1. The van der Waals surface area contributed by atoms with Crippen LogP contribution in [-0.2, 0) is 6.61 Å². The lowest BCUT2D eigenvalue weighted by Crippen LogP contribution is -2.48. The number of amides is 1. The number of non-ortho nitro benzene ring substituents is 1. The molecule has 160 valence electrons. The minimum absolute atomic E-state index is 0.0651. The lowest BCUT2D eigenvalue weighted by molar-refractivity contribution is -0.384. The molecule has 2 heterocycles. The summed E-state index contributed by atoms with van der Waals surface area (Å²) >= 11 is 3.38. The number of nitro groups is 1. The summed E-state index contributed by atoms with van der Waals surface area (Å²) in [6.45, 7) is 2.61. The van der Waals surface area contributed by atoms with Crippen molar-refractivity contribution >= 4 is 33.2 Å². The highest BCUT2D eigenvalue weighted by Gasteiger charge is 2.24. The van der Waals surface area contributed by atoms with Crippen molar-refractivity contribution in [2.24, 2.45) is 0 Å². The number of furan rings is 1. The molecule has 0 bridgehead atoms. The van der Waals surface area contributed by atoms with E-state index >= 15 is 0 Å². The molecule has 2 aromatic carbocycles. The Hall–Kier alpha value is -3.33. The first-order valence-corrected chi connectivity index (χ1v) is 10.5. The highest BCUT2D eigenvalue weighted by atomic mass is 79.9. The smallest absolute Gasteiger partial charge is 0.289 e. The van der Waals surface area contributed by atoms with Gasteiger partial charge >= 0.3 is 0 Å². The van der Waals surface area contributed by atoms with E-state index in [4.69, 9.17) is 9.15 Å². The molecule has 0 aliphatic carbocycles. The van der Waals surface area contributed by atoms with Crippen molar-refractivity contribution in [2.75, 3.05) is 31.1 Å². The van der Waals surface area contributed by atoms with Gasteiger partial charge in [-0.3, -0.25) is 14.9 Å². The third-order valence-corrected chi connectivity index (χ3v) is 5.59. The van der Waals surface area contributed by atoms with Crippen LogP contribution in [0.15, 0.2) is 69.6 Å². The van der Waals surface area contributed by atoms with Crippen LogP contribution in [0.25, 0.3) is 0 Å². The average Bonchev–Trinajstić information content (AvgIpc) is 3.27. The zero-order valence-corrected chi connectivity index (χ0v) is 18.2. The summed E-state index contributed by atoms with van der Waals surface area (Å²) < 4.78 is 12.3. The summed E-state index contributed by atoms with van der Waals surface area (Å²) in [5, 5.41) is 10.8. The molecule has 0 atom stereocenters. The Morgan fingerprint density at radius 2 is 1.68 bits per heavy atom. The molecule has 0 saturated carbocycles. The highest BCUT2D eigenvalue weighted by Crippen LogP contribution is 2.22. The number of rotatable bonds is 6. The van der Waals surface area contributed by atoms with Crippen LogP contribution >= 0.6 is 15.9 Å². The molecule has 1 amide bonds. The van der Waals surface area contributed by atoms with Gasteiger partial charge in [-0.2, -0.15) is 0 Å². The van der Waals surface area contributed by atoms with E-state index in [1.165, 1.54) is 12.1 Å².